The van der Waals surface area contributed by atoms with Crippen LogP contribution >= 0.6 is 0 Å². The van der Waals surface area contributed by atoms with Crippen LogP contribution in [0.15, 0.2) is 18.2 Å². The first kappa shape index (κ1) is 16.9. The maximum atomic E-state index is 4.50. The smallest absolute Gasteiger partial charge is 0.126 e. The standard InChI is InChI=1S/C13H23N3.C2H6/c1-3-12-8-7-9-13(16-12)15-11-6-4-5-10-14-2;1-2/h7-9,14H,3-6,10-11H2,1-2H3,(H,15,16);1-2H3. The molecule has 0 aliphatic rings. The van der Waals surface area contributed by atoms with E-state index in [0.717, 1.165) is 31.0 Å². The van der Waals surface area contributed by atoms with E-state index in [2.05, 4.69) is 34.7 Å². The molecule has 0 bridgehead atoms. The first-order valence-corrected chi connectivity index (χ1v) is 7.21. The summed E-state index contributed by atoms with van der Waals surface area (Å²) >= 11 is 0. The fourth-order valence-corrected chi connectivity index (χ4v) is 1.59. The minimum atomic E-state index is 0.998. The number of aryl methyl sites for hydroxylation is 1. The molecule has 0 aromatic carbocycles. The number of pyridine rings is 1. The number of hydrogen-bond donors (Lipinski definition) is 2. The van der Waals surface area contributed by atoms with Crippen molar-refractivity contribution in [1.29, 1.82) is 0 Å². The normalized spacial score (nSPS) is 9.56. The third-order valence-corrected chi connectivity index (χ3v) is 2.58. The third kappa shape index (κ3) is 8.07. The predicted octanol–water partition coefficient (Wildman–Crippen LogP) is 3.47. The largest absolute Gasteiger partial charge is 0.370 e. The fourth-order valence-electron chi connectivity index (χ4n) is 1.59. The molecule has 0 aliphatic heterocycles. The van der Waals surface area contributed by atoms with E-state index in [4.69, 9.17) is 0 Å². The van der Waals surface area contributed by atoms with Gasteiger partial charge in [-0.05, 0) is 45.0 Å². The maximum absolute atomic E-state index is 4.50. The van der Waals surface area contributed by atoms with Gasteiger partial charge in [0.15, 0.2) is 0 Å². The van der Waals surface area contributed by atoms with Crippen LogP contribution in [0.5, 0.6) is 0 Å². The van der Waals surface area contributed by atoms with Crippen molar-refractivity contribution in [2.45, 2.75) is 46.5 Å². The van der Waals surface area contributed by atoms with Crippen LogP contribution in [0.3, 0.4) is 0 Å². The summed E-state index contributed by atoms with van der Waals surface area (Å²) in [5.74, 6) is 1.01. The second-order valence-electron chi connectivity index (χ2n) is 3.96. The molecule has 1 aromatic heterocycles. The summed E-state index contributed by atoms with van der Waals surface area (Å²) in [5, 5.41) is 6.52. The Morgan fingerprint density at radius 2 is 1.78 bits per heavy atom. The maximum Gasteiger partial charge on any atom is 0.126 e. The Balaban J connectivity index is 0.00000137. The Labute approximate surface area is 112 Å². The lowest BCUT2D eigenvalue weighted by molar-refractivity contribution is 0.655. The molecule has 0 aliphatic carbocycles. The summed E-state index contributed by atoms with van der Waals surface area (Å²) in [6.07, 6.45) is 4.72. The number of rotatable bonds is 8. The van der Waals surface area contributed by atoms with Crippen LogP contribution in [0.25, 0.3) is 0 Å². The molecule has 0 amide bonds. The van der Waals surface area contributed by atoms with Gasteiger partial charge in [0.1, 0.15) is 5.82 Å². The Hall–Kier alpha value is -1.09. The Morgan fingerprint density at radius 3 is 2.44 bits per heavy atom. The van der Waals surface area contributed by atoms with Crippen molar-refractivity contribution in [1.82, 2.24) is 10.3 Å². The predicted molar refractivity (Wildman–Crippen MR) is 81.2 cm³/mol. The lowest BCUT2D eigenvalue weighted by atomic mass is 10.2. The molecule has 3 heteroatoms. The molecule has 18 heavy (non-hydrogen) atoms. The Kier molecular flexibility index (Phi) is 11.6. The van der Waals surface area contributed by atoms with Gasteiger partial charge in [-0.2, -0.15) is 0 Å². The second kappa shape index (κ2) is 12.4. The number of nitrogens with one attached hydrogen (secondary N) is 2. The molecule has 0 radical (unpaired) electrons. The van der Waals surface area contributed by atoms with Crippen molar-refractivity contribution < 1.29 is 0 Å². The monoisotopic (exact) mass is 251 g/mol. The van der Waals surface area contributed by atoms with Gasteiger partial charge < -0.3 is 10.6 Å². The lowest BCUT2D eigenvalue weighted by Gasteiger charge is -2.06. The van der Waals surface area contributed by atoms with Gasteiger partial charge in [-0.3, -0.25) is 0 Å². The van der Waals surface area contributed by atoms with Gasteiger partial charge in [0.05, 0.1) is 0 Å². The van der Waals surface area contributed by atoms with E-state index in [1.54, 1.807) is 0 Å². The highest BCUT2D eigenvalue weighted by atomic mass is 15.0. The number of aromatic nitrogens is 1. The highest BCUT2D eigenvalue weighted by molar-refractivity contribution is 5.35. The average Bonchev–Trinajstić information content (AvgIpc) is 2.45. The number of anilines is 1. The fraction of sp³-hybridized carbons (Fsp3) is 0.667. The van der Waals surface area contributed by atoms with Crippen LogP contribution in [-0.2, 0) is 6.42 Å². The van der Waals surface area contributed by atoms with Crippen LogP contribution in [0, 0.1) is 0 Å². The summed E-state index contributed by atoms with van der Waals surface area (Å²) < 4.78 is 0. The van der Waals surface area contributed by atoms with E-state index in [0.29, 0.717) is 0 Å². The molecule has 1 heterocycles. The van der Waals surface area contributed by atoms with E-state index >= 15 is 0 Å². The summed E-state index contributed by atoms with van der Waals surface area (Å²) in [5.41, 5.74) is 1.15. The van der Waals surface area contributed by atoms with Crippen molar-refractivity contribution in [3.8, 4) is 0 Å². The van der Waals surface area contributed by atoms with Gasteiger partial charge >= 0.3 is 0 Å². The van der Waals surface area contributed by atoms with Gasteiger partial charge in [0.25, 0.3) is 0 Å². The zero-order valence-corrected chi connectivity index (χ0v) is 12.4. The van der Waals surface area contributed by atoms with Crippen molar-refractivity contribution in [2.75, 3.05) is 25.5 Å². The molecule has 3 nitrogen and oxygen atoms in total. The Bertz CT molecular complexity index is 287. The number of hydrogen-bond acceptors (Lipinski definition) is 3. The highest BCUT2D eigenvalue weighted by Gasteiger charge is 1.95. The second-order valence-corrected chi connectivity index (χ2v) is 3.96. The highest BCUT2D eigenvalue weighted by Crippen LogP contribution is 2.05. The first-order valence-electron chi connectivity index (χ1n) is 7.21. The zero-order valence-electron chi connectivity index (χ0n) is 12.4. The van der Waals surface area contributed by atoms with Crippen LogP contribution in [-0.4, -0.2) is 25.1 Å². The lowest BCUT2D eigenvalue weighted by Crippen LogP contribution is -2.09. The molecular formula is C15H29N3. The molecule has 2 N–H and O–H groups in total. The van der Waals surface area contributed by atoms with Gasteiger partial charge in [0.2, 0.25) is 0 Å². The molecule has 1 rings (SSSR count). The van der Waals surface area contributed by atoms with Crippen molar-refractivity contribution >= 4 is 5.82 Å². The average molecular weight is 251 g/mol. The first-order chi connectivity index (χ1) is 8.86. The molecule has 1 aromatic rings. The minimum absolute atomic E-state index is 0.998. The summed E-state index contributed by atoms with van der Waals surface area (Å²) in [4.78, 5) is 4.50. The van der Waals surface area contributed by atoms with E-state index < -0.39 is 0 Å². The number of nitrogens with zero attached hydrogens (tertiary/aromatic N) is 1. The zero-order chi connectivity index (χ0) is 13.6. The van der Waals surface area contributed by atoms with E-state index in [1.165, 1.54) is 19.3 Å². The quantitative estimate of drug-likeness (QED) is 0.695. The number of unbranched alkanes of at least 4 members (excludes halogenated alkanes) is 2. The van der Waals surface area contributed by atoms with E-state index in [1.807, 2.05) is 27.0 Å². The summed E-state index contributed by atoms with van der Waals surface area (Å²) in [6.45, 7) is 8.26. The van der Waals surface area contributed by atoms with Gasteiger partial charge in [0, 0.05) is 12.2 Å². The van der Waals surface area contributed by atoms with Gasteiger partial charge in [-0.25, -0.2) is 4.98 Å². The van der Waals surface area contributed by atoms with Crippen molar-refractivity contribution in [2.24, 2.45) is 0 Å². The molecule has 104 valence electrons. The molecular weight excluding hydrogens is 222 g/mol. The summed E-state index contributed by atoms with van der Waals surface area (Å²) in [6, 6.07) is 6.17. The minimum Gasteiger partial charge on any atom is -0.370 e. The van der Waals surface area contributed by atoms with E-state index in [9.17, 15) is 0 Å². The van der Waals surface area contributed by atoms with Crippen molar-refractivity contribution in [3.63, 3.8) is 0 Å². The van der Waals surface area contributed by atoms with E-state index in [-0.39, 0.29) is 0 Å². The van der Waals surface area contributed by atoms with Gasteiger partial charge in [-0.15, -0.1) is 0 Å². The molecule has 0 unspecified atom stereocenters. The van der Waals surface area contributed by atoms with Crippen LogP contribution < -0.4 is 10.6 Å². The van der Waals surface area contributed by atoms with Crippen LogP contribution in [0.1, 0.15) is 45.7 Å². The summed E-state index contributed by atoms with van der Waals surface area (Å²) in [7, 11) is 2.00. The molecule has 0 atom stereocenters. The topological polar surface area (TPSA) is 37.0 Å². The SMILES string of the molecule is CC.CCc1cccc(NCCCCCNC)n1. The molecule has 0 saturated carbocycles. The van der Waals surface area contributed by atoms with Gasteiger partial charge in [-0.1, -0.05) is 33.3 Å². The van der Waals surface area contributed by atoms with Crippen molar-refractivity contribution in [3.05, 3.63) is 23.9 Å². The molecule has 0 fully saturated rings. The Morgan fingerprint density at radius 1 is 1.06 bits per heavy atom. The molecule has 0 spiro atoms. The van der Waals surface area contributed by atoms with Crippen LogP contribution in [0.4, 0.5) is 5.82 Å². The molecule has 0 saturated heterocycles. The third-order valence-electron chi connectivity index (χ3n) is 2.58. The van der Waals surface area contributed by atoms with Crippen LogP contribution in [0.2, 0.25) is 0 Å².